The molecule has 2 aromatic carbocycles. The third-order valence-corrected chi connectivity index (χ3v) is 5.16. The minimum Gasteiger partial charge on any atom is -0.493 e. The van der Waals surface area contributed by atoms with Crippen LogP contribution in [0.4, 0.5) is 0 Å². The van der Waals surface area contributed by atoms with E-state index in [0.29, 0.717) is 38.8 Å². The molecule has 1 heterocycles. The molecular formula is C20H21BrO7. The Morgan fingerprint density at radius 3 is 1.86 bits per heavy atom. The Labute approximate surface area is 171 Å². The van der Waals surface area contributed by atoms with Gasteiger partial charge in [0.1, 0.15) is 6.10 Å². The molecule has 1 aliphatic heterocycles. The first-order valence-electron chi connectivity index (χ1n) is 8.40. The molecule has 1 fully saturated rings. The van der Waals surface area contributed by atoms with E-state index in [-0.39, 0.29) is 5.78 Å². The predicted molar refractivity (Wildman–Crippen MR) is 105 cm³/mol. The third kappa shape index (κ3) is 3.62. The van der Waals surface area contributed by atoms with Crippen LogP contribution in [0.2, 0.25) is 0 Å². The Kier molecular flexibility index (Phi) is 6.00. The monoisotopic (exact) mass is 452 g/mol. The lowest BCUT2D eigenvalue weighted by molar-refractivity contribution is 0.0952. The van der Waals surface area contributed by atoms with Crippen LogP contribution in [0.5, 0.6) is 28.7 Å². The summed E-state index contributed by atoms with van der Waals surface area (Å²) in [6.45, 7) is 0. The molecule has 0 aliphatic carbocycles. The molecule has 0 spiro atoms. The molecular weight excluding hydrogens is 432 g/mol. The van der Waals surface area contributed by atoms with Gasteiger partial charge in [0.25, 0.3) is 0 Å². The first kappa shape index (κ1) is 20.3. The van der Waals surface area contributed by atoms with E-state index in [0.717, 1.165) is 5.56 Å². The normalized spacial score (nSPS) is 17.6. The molecule has 8 heteroatoms. The number of carbonyl (C=O) groups is 1. The van der Waals surface area contributed by atoms with Crippen molar-refractivity contribution in [3.8, 4) is 28.7 Å². The van der Waals surface area contributed by atoms with Crippen LogP contribution in [-0.4, -0.2) is 47.4 Å². The Hall–Kier alpha value is -2.45. The maximum atomic E-state index is 13.0. The van der Waals surface area contributed by atoms with Crippen molar-refractivity contribution < 1.29 is 33.2 Å². The smallest absolute Gasteiger partial charge is 0.203 e. The van der Waals surface area contributed by atoms with E-state index in [2.05, 4.69) is 15.9 Å². The average molecular weight is 453 g/mol. The zero-order valence-electron chi connectivity index (χ0n) is 16.2. The number of methoxy groups -OCH3 is 5. The highest BCUT2D eigenvalue weighted by Crippen LogP contribution is 2.47. The van der Waals surface area contributed by atoms with E-state index < -0.39 is 12.2 Å². The van der Waals surface area contributed by atoms with Crippen molar-refractivity contribution in [1.82, 2.24) is 0 Å². The summed E-state index contributed by atoms with van der Waals surface area (Å²) in [5.74, 6) is 2.34. The molecule has 0 N–H and O–H groups in total. The van der Waals surface area contributed by atoms with Gasteiger partial charge in [0.05, 0.1) is 35.5 Å². The van der Waals surface area contributed by atoms with E-state index in [9.17, 15) is 4.79 Å². The summed E-state index contributed by atoms with van der Waals surface area (Å²) in [7, 11) is 7.67. The van der Waals surface area contributed by atoms with Gasteiger partial charge in [0, 0.05) is 10.0 Å². The van der Waals surface area contributed by atoms with Crippen LogP contribution in [0.1, 0.15) is 22.0 Å². The molecule has 0 bridgehead atoms. The molecule has 7 nitrogen and oxygen atoms in total. The molecule has 1 aliphatic rings. The molecule has 1 saturated heterocycles. The minimum atomic E-state index is -0.614. The van der Waals surface area contributed by atoms with Gasteiger partial charge in [-0.15, -0.1) is 0 Å². The summed E-state index contributed by atoms with van der Waals surface area (Å²) in [5.41, 5.74) is 1.22. The highest BCUT2D eigenvalue weighted by atomic mass is 79.9. The summed E-state index contributed by atoms with van der Waals surface area (Å²) in [6, 6.07) is 6.90. The van der Waals surface area contributed by atoms with Gasteiger partial charge in [0.2, 0.25) is 5.75 Å². The second-order valence-corrected chi connectivity index (χ2v) is 6.84. The van der Waals surface area contributed by atoms with Crippen LogP contribution < -0.4 is 23.7 Å². The molecule has 0 unspecified atom stereocenters. The van der Waals surface area contributed by atoms with Gasteiger partial charge < -0.3 is 28.4 Å². The van der Waals surface area contributed by atoms with Crippen LogP contribution in [0.15, 0.2) is 28.7 Å². The summed E-state index contributed by atoms with van der Waals surface area (Å²) in [5, 5.41) is 0. The number of carbonyl (C=O) groups excluding carboxylic acids is 1. The maximum absolute atomic E-state index is 13.0. The highest BCUT2D eigenvalue weighted by molar-refractivity contribution is 9.10. The second kappa shape index (κ2) is 8.28. The zero-order valence-corrected chi connectivity index (χ0v) is 17.8. The van der Waals surface area contributed by atoms with E-state index in [1.165, 1.54) is 35.5 Å². The Morgan fingerprint density at radius 2 is 1.36 bits per heavy atom. The Morgan fingerprint density at radius 1 is 0.821 bits per heavy atom. The average Bonchev–Trinajstić information content (AvgIpc) is 3.52. The van der Waals surface area contributed by atoms with Crippen LogP contribution in [0, 0.1) is 0 Å². The van der Waals surface area contributed by atoms with Gasteiger partial charge in [-0.25, -0.2) is 0 Å². The summed E-state index contributed by atoms with van der Waals surface area (Å²) >= 11 is 3.42. The molecule has 0 radical (unpaired) electrons. The van der Waals surface area contributed by atoms with Crippen LogP contribution in [0.3, 0.4) is 0 Å². The summed E-state index contributed by atoms with van der Waals surface area (Å²) in [6.07, 6.45) is -1.02. The predicted octanol–water partition coefficient (Wildman–Crippen LogP) is 3.81. The topological polar surface area (TPSA) is 75.8 Å². The second-order valence-electron chi connectivity index (χ2n) is 5.99. The number of halogens is 1. The molecule has 2 atom stereocenters. The molecule has 150 valence electrons. The minimum absolute atomic E-state index is 0.161. The van der Waals surface area contributed by atoms with Crippen LogP contribution in [-0.2, 0) is 4.74 Å². The van der Waals surface area contributed by atoms with Gasteiger partial charge in [-0.2, -0.15) is 0 Å². The van der Waals surface area contributed by atoms with Gasteiger partial charge in [-0.1, -0.05) is 0 Å². The first-order valence-corrected chi connectivity index (χ1v) is 9.19. The van der Waals surface area contributed by atoms with Gasteiger partial charge in [0.15, 0.2) is 34.9 Å². The fourth-order valence-corrected chi connectivity index (χ4v) is 3.54. The van der Waals surface area contributed by atoms with Gasteiger partial charge >= 0.3 is 0 Å². The maximum Gasteiger partial charge on any atom is 0.203 e. The van der Waals surface area contributed by atoms with Crippen molar-refractivity contribution in [1.29, 1.82) is 0 Å². The summed E-state index contributed by atoms with van der Waals surface area (Å²) < 4.78 is 32.9. The van der Waals surface area contributed by atoms with Crippen LogP contribution >= 0.6 is 15.9 Å². The third-order valence-electron chi connectivity index (χ3n) is 4.50. The van der Waals surface area contributed by atoms with Crippen molar-refractivity contribution in [2.24, 2.45) is 0 Å². The molecule has 2 aromatic rings. The van der Waals surface area contributed by atoms with Crippen molar-refractivity contribution in [3.63, 3.8) is 0 Å². The number of ketones is 1. The van der Waals surface area contributed by atoms with E-state index >= 15 is 0 Å². The van der Waals surface area contributed by atoms with Crippen molar-refractivity contribution in [2.75, 3.05) is 35.5 Å². The quantitative estimate of drug-likeness (QED) is 0.445. The van der Waals surface area contributed by atoms with Crippen molar-refractivity contribution >= 4 is 21.7 Å². The number of ether oxygens (including phenoxy) is 6. The number of hydrogen-bond donors (Lipinski definition) is 0. The Balaban J connectivity index is 1.89. The largest absolute Gasteiger partial charge is 0.493 e. The summed E-state index contributed by atoms with van der Waals surface area (Å²) in [4.78, 5) is 13.0. The lowest BCUT2D eigenvalue weighted by Crippen LogP contribution is -2.10. The lowest BCUT2D eigenvalue weighted by Gasteiger charge is -2.13. The molecule has 0 aromatic heterocycles. The number of epoxide rings is 1. The van der Waals surface area contributed by atoms with E-state index in [1.807, 2.05) is 0 Å². The van der Waals surface area contributed by atoms with Gasteiger partial charge in [-0.3, -0.25) is 4.79 Å². The molecule has 28 heavy (non-hydrogen) atoms. The number of benzene rings is 2. The molecule has 0 saturated carbocycles. The van der Waals surface area contributed by atoms with Crippen molar-refractivity contribution in [3.05, 3.63) is 39.9 Å². The van der Waals surface area contributed by atoms with Crippen molar-refractivity contribution in [2.45, 2.75) is 12.2 Å². The molecule has 3 rings (SSSR count). The zero-order chi connectivity index (χ0) is 20.4. The fraction of sp³-hybridized carbons (Fsp3) is 0.350. The van der Waals surface area contributed by atoms with E-state index in [4.69, 9.17) is 28.4 Å². The standard InChI is InChI=1S/C20H21BrO7/c1-23-13-8-11(12(21)9-14(13)24-2)17(22)20-18(28-20)10-6-15(25-3)19(27-5)16(7-10)26-4/h6-9,18,20H,1-5H3/t18-,20+/m0/s1. The SMILES string of the molecule is COc1cc(Br)c(C(=O)[C@H]2O[C@H]2c2cc(OC)c(OC)c(OC)c2)cc1OC. The lowest BCUT2D eigenvalue weighted by atomic mass is 10.0. The fourth-order valence-electron chi connectivity index (χ4n) is 3.03. The Bertz CT molecular complexity index is 871. The highest BCUT2D eigenvalue weighted by Gasteiger charge is 2.47. The first-order chi connectivity index (χ1) is 13.5. The van der Waals surface area contributed by atoms with Gasteiger partial charge in [-0.05, 0) is 45.8 Å². The number of Topliss-reactive ketones (excluding diaryl/α,β-unsaturated/α-hetero) is 1. The number of hydrogen-bond acceptors (Lipinski definition) is 7. The van der Waals surface area contributed by atoms with E-state index in [1.54, 1.807) is 24.3 Å². The number of rotatable bonds is 8. The van der Waals surface area contributed by atoms with Crippen LogP contribution in [0.25, 0.3) is 0 Å². The molecule has 0 amide bonds.